The second kappa shape index (κ2) is 8.67. The Balaban J connectivity index is 1.35. The Morgan fingerprint density at radius 1 is 0.938 bits per heavy atom. The molecule has 0 radical (unpaired) electrons. The number of nitrogens with zero attached hydrogens (tertiary/aromatic N) is 5. The molecule has 3 aliphatic heterocycles. The van der Waals surface area contributed by atoms with E-state index in [4.69, 9.17) is 5.26 Å². The highest BCUT2D eigenvalue weighted by molar-refractivity contribution is 5.85. The van der Waals surface area contributed by atoms with Crippen LogP contribution in [0.15, 0.2) is 54.6 Å². The number of piperidine rings is 1. The van der Waals surface area contributed by atoms with Crippen LogP contribution in [0.1, 0.15) is 29.5 Å². The average molecular weight is 430 g/mol. The molecule has 1 atom stereocenters. The molecule has 0 bridgehead atoms. The highest BCUT2D eigenvalue weighted by Gasteiger charge is 2.58. The Labute approximate surface area is 190 Å². The number of likely N-dealkylation sites (tertiary alicyclic amines) is 1. The number of carbonyl (C=O) groups is 1. The molecule has 3 aliphatic rings. The maximum absolute atomic E-state index is 13.6. The summed E-state index contributed by atoms with van der Waals surface area (Å²) in [6, 6.07) is 20.5. The number of piperazine rings is 1. The van der Waals surface area contributed by atoms with Gasteiger partial charge < -0.3 is 9.80 Å². The molecule has 3 saturated heterocycles. The van der Waals surface area contributed by atoms with Gasteiger partial charge in [-0.1, -0.05) is 42.5 Å². The Hall–Kier alpha value is -2.72. The van der Waals surface area contributed by atoms with Crippen molar-refractivity contribution in [2.24, 2.45) is 0 Å². The number of benzene rings is 2. The van der Waals surface area contributed by atoms with Crippen LogP contribution in [0.5, 0.6) is 0 Å². The first-order valence-electron chi connectivity index (χ1n) is 11.6. The van der Waals surface area contributed by atoms with Gasteiger partial charge in [0.1, 0.15) is 6.04 Å². The SMILES string of the molecule is CN1CCN2[C@H](C1)C(=O)N(Cc1ccccc1)C21CCN(Cc2ccc(C#N)cc2)CC1. The zero-order chi connectivity index (χ0) is 22.1. The van der Waals surface area contributed by atoms with E-state index in [1.807, 2.05) is 18.2 Å². The molecule has 5 rings (SSSR count). The monoisotopic (exact) mass is 429 g/mol. The number of likely N-dealkylation sites (N-methyl/N-ethyl adjacent to an activating group) is 1. The van der Waals surface area contributed by atoms with E-state index >= 15 is 0 Å². The smallest absolute Gasteiger partial charge is 0.243 e. The minimum atomic E-state index is -0.181. The second-order valence-electron chi connectivity index (χ2n) is 9.45. The van der Waals surface area contributed by atoms with Crippen LogP contribution in [0, 0.1) is 11.3 Å². The fraction of sp³-hybridized carbons (Fsp3) is 0.462. The van der Waals surface area contributed by atoms with Crippen LogP contribution in [0.25, 0.3) is 0 Å². The fourth-order valence-electron chi connectivity index (χ4n) is 5.73. The van der Waals surface area contributed by atoms with Crippen molar-refractivity contribution in [3.05, 3.63) is 71.3 Å². The van der Waals surface area contributed by atoms with Crippen molar-refractivity contribution in [1.29, 1.82) is 5.26 Å². The van der Waals surface area contributed by atoms with E-state index in [1.54, 1.807) is 0 Å². The first kappa shape index (κ1) is 21.1. The van der Waals surface area contributed by atoms with Crippen LogP contribution >= 0.6 is 0 Å². The van der Waals surface area contributed by atoms with E-state index in [2.05, 4.69) is 69.1 Å². The third-order valence-electron chi connectivity index (χ3n) is 7.50. The Kier molecular flexibility index (Phi) is 5.73. The third kappa shape index (κ3) is 3.81. The van der Waals surface area contributed by atoms with Gasteiger partial charge in [0, 0.05) is 45.8 Å². The Bertz CT molecular complexity index is 991. The standard InChI is InChI=1S/C26H31N5O/c1-28-15-16-30-24(20-28)25(32)31(19-22-5-3-2-4-6-22)26(30)11-13-29(14-12-26)18-23-9-7-21(17-27)8-10-23/h2-10,24H,11-16,18-20H2,1H3/t24-/m1/s1. The van der Waals surface area contributed by atoms with E-state index in [9.17, 15) is 4.79 Å². The lowest BCUT2D eigenvalue weighted by Crippen LogP contribution is -2.63. The van der Waals surface area contributed by atoms with E-state index in [1.165, 1.54) is 11.1 Å². The fourth-order valence-corrected chi connectivity index (χ4v) is 5.73. The van der Waals surface area contributed by atoms with Gasteiger partial charge in [0.25, 0.3) is 0 Å². The molecule has 0 aliphatic carbocycles. The summed E-state index contributed by atoms with van der Waals surface area (Å²) in [5, 5.41) is 9.03. The molecule has 3 fully saturated rings. The van der Waals surface area contributed by atoms with Crippen molar-refractivity contribution in [3.8, 4) is 6.07 Å². The molecule has 32 heavy (non-hydrogen) atoms. The molecule has 6 nitrogen and oxygen atoms in total. The Morgan fingerprint density at radius 3 is 2.31 bits per heavy atom. The average Bonchev–Trinajstić information content (AvgIpc) is 3.04. The first-order chi connectivity index (χ1) is 15.6. The molecule has 2 aromatic rings. The van der Waals surface area contributed by atoms with Crippen molar-refractivity contribution in [2.75, 3.05) is 39.8 Å². The quantitative estimate of drug-likeness (QED) is 0.748. The zero-order valence-corrected chi connectivity index (χ0v) is 18.8. The van der Waals surface area contributed by atoms with Crippen LogP contribution in [0.3, 0.4) is 0 Å². The van der Waals surface area contributed by atoms with Crippen molar-refractivity contribution in [2.45, 2.75) is 37.6 Å². The van der Waals surface area contributed by atoms with Crippen LogP contribution in [-0.4, -0.2) is 77.0 Å². The number of hydrogen-bond acceptors (Lipinski definition) is 5. The predicted octanol–water partition coefficient (Wildman–Crippen LogP) is 2.51. The van der Waals surface area contributed by atoms with E-state index < -0.39 is 0 Å². The molecule has 1 spiro atoms. The highest BCUT2D eigenvalue weighted by Crippen LogP contribution is 2.42. The number of nitriles is 1. The van der Waals surface area contributed by atoms with Crippen LogP contribution in [0.4, 0.5) is 0 Å². The molecule has 0 saturated carbocycles. The molecule has 1 amide bonds. The van der Waals surface area contributed by atoms with Crippen molar-refractivity contribution in [1.82, 2.24) is 19.6 Å². The largest absolute Gasteiger partial charge is 0.318 e. The zero-order valence-electron chi connectivity index (χ0n) is 18.8. The third-order valence-corrected chi connectivity index (χ3v) is 7.50. The summed E-state index contributed by atoms with van der Waals surface area (Å²) >= 11 is 0. The lowest BCUT2D eigenvalue weighted by Gasteiger charge is -2.51. The molecule has 0 N–H and O–H groups in total. The minimum Gasteiger partial charge on any atom is -0.318 e. The normalized spacial score (nSPS) is 23.9. The van der Waals surface area contributed by atoms with E-state index in [-0.39, 0.29) is 11.7 Å². The summed E-state index contributed by atoms with van der Waals surface area (Å²) in [7, 11) is 2.12. The summed E-state index contributed by atoms with van der Waals surface area (Å²) in [6.45, 7) is 6.30. The second-order valence-corrected chi connectivity index (χ2v) is 9.45. The van der Waals surface area contributed by atoms with Gasteiger partial charge in [0.15, 0.2) is 0 Å². The van der Waals surface area contributed by atoms with Gasteiger partial charge in [0.05, 0.1) is 17.3 Å². The molecular formula is C26H31N5O. The lowest BCUT2D eigenvalue weighted by atomic mass is 9.92. The minimum absolute atomic E-state index is 0.0254. The molecular weight excluding hydrogens is 398 g/mol. The number of carbonyl (C=O) groups excluding carboxylic acids is 1. The summed E-state index contributed by atoms with van der Waals surface area (Å²) in [5.41, 5.74) is 2.96. The Morgan fingerprint density at radius 2 is 1.62 bits per heavy atom. The van der Waals surface area contributed by atoms with Gasteiger partial charge in [0.2, 0.25) is 5.91 Å². The maximum atomic E-state index is 13.6. The summed E-state index contributed by atoms with van der Waals surface area (Å²) in [5.74, 6) is 0.293. The van der Waals surface area contributed by atoms with E-state index in [0.717, 1.165) is 52.1 Å². The highest BCUT2D eigenvalue weighted by atomic mass is 16.2. The number of amides is 1. The summed E-state index contributed by atoms with van der Waals surface area (Å²) in [6.07, 6.45) is 1.95. The van der Waals surface area contributed by atoms with E-state index in [0.29, 0.717) is 18.0 Å². The number of rotatable bonds is 4. The van der Waals surface area contributed by atoms with Crippen molar-refractivity contribution < 1.29 is 4.79 Å². The summed E-state index contributed by atoms with van der Waals surface area (Å²) in [4.78, 5) is 23.1. The lowest BCUT2D eigenvalue weighted by molar-refractivity contribution is -0.135. The van der Waals surface area contributed by atoms with Gasteiger partial charge in [-0.2, -0.15) is 5.26 Å². The van der Waals surface area contributed by atoms with Gasteiger partial charge in [-0.15, -0.1) is 0 Å². The predicted molar refractivity (Wildman–Crippen MR) is 123 cm³/mol. The summed E-state index contributed by atoms with van der Waals surface area (Å²) < 4.78 is 0. The first-order valence-corrected chi connectivity index (χ1v) is 11.6. The molecule has 2 aromatic carbocycles. The van der Waals surface area contributed by atoms with Crippen molar-refractivity contribution in [3.63, 3.8) is 0 Å². The number of hydrogen-bond donors (Lipinski definition) is 0. The van der Waals surface area contributed by atoms with Gasteiger partial charge in [-0.25, -0.2) is 0 Å². The molecule has 0 unspecified atom stereocenters. The van der Waals surface area contributed by atoms with Crippen LogP contribution in [0.2, 0.25) is 0 Å². The van der Waals surface area contributed by atoms with Crippen LogP contribution < -0.4 is 0 Å². The molecule has 3 heterocycles. The molecule has 0 aromatic heterocycles. The van der Waals surface area contributed by atoms with Crippen molar-refractivity contribution >= 4 is 5.91 Å². The molecule has 6 heteroatoms. The maximum Gasteiger partial charge on any atom is 0.243 e. The van der Waals surface area contributed by atoms with Crippen LogP contribution in [-0.2, 0) is 17.9 Å². The van der Waals surface area contributed by atoms with Gasteiger partial charge in [-0.3, -0.25) is 14.6 Å². The topological polar surface area (TPSA) is 53.8 Å². The van der Waals surface area contributed by atoms with Gasteiger partial charge >= 0.3 is 0 Å². The number of fused-ring (bicyclic) bond motifs is 2. The van der Waals surface area contributed by atoms with Gasteiger partial charge in [-0.05, 0) is 43.1 Å². The molecule has 166 valence electrons.